The summed E-state index contributed by atoms with van der Waals surface area (Å²) in [5.41, 5.74) is -0.807. The number of halogens is 3. The lowest BCUT2D eigenvalue weighted by Crippen LogP contribution is -2.61. The van der Waals surface area contributed by atoms with Gasteiger partial charge in [0.2, 0.25) is 0 Å². The Labute approximate surface area is 280 Å². The first-order valence-corrected chi connectivity index (χ1v) is 16.0. The van der Waals surface area contributed by atoms with Crippen molar-refractivity contribution in [1.82, 2.24) is 25.2 Å². The minimum atomic E-state index is -2.58. The number of phenols is 1. The van der Waals surface area contributed by atoms with Gasteiger partial charge in [-0.05, 0) is 67.8 Å². The Morgan fingerprint density at radius 2 is 2.15 bits per heavy atom. The van der Waals surface area contributed by atoms with E-state index in [4.69, 9.17) is 25.0 Å². The van der Waals surface area contributed by atoms with Crippen LogP contribution in [0.25, 0.3) is 32.9 Å². The number of aromatic hydroxyl groups is 1. The topological polar surface area (TPSA) is 95.9 Å². The summed E-state index contributed by atoms with van der Waals surface area (Å²) in [6.45, 7) is 2.18. The molecule has 3 atom stereocenters. The van der Waals surface area contributed by atoms with E-state index in [0.717, 1.165) is 25.8 Å². The molecule has 12 heteroatoms. The molecule has 48 heavy (non-hydrogen) atoms. The van der Waals surface area contributed by atoms with Crippen LogP contribution < -0.4 is 15.0 Å². The fraction of sp³-hybridized carbons (Fsp3) is 0.417. The molecule has 4 saturated heterocycles. The molecule has 2 aromatic heterocycles. The molecule has 0 amide bonds. The number of fused-ring (bicyclic) bond motifs is 5. The highest BCUT2D eigenvalue weighted by atomic mass is 19.1. The van der Waals surface area contributed by atoms with Crippen molar-refractivity contribution in [1.29, 1.82) is 0 Å². The van der Waals surface area contributed by atoms with Crippen LogP contribution in [0.5, 0.6) is 11.8 Å². The number of benzene rings is 2. The van der Waals surface area contributed by atoms with Gasteiger partial charge >= 0.3 is 6.01 Å². The summed E-state index contributed by atoms with van der Waals surface area (Å²) in [6, 6.07) is 5.21. The number of pyridine rings is 1. The van der Waals surface area contributed by atoms with Gasteiger partial charge in [0.25, 0.3) is 0 Å². The van der Waals surface area contributed by atoms with Crippen LogP contribution in [0.2, 0.25) is 0 Å². The smallest absolute Gasteiger partial charge is 0.319 e. The van der Waals surface area contributed by atoms with Crippen molar-refractivity contribution in [2.75, 3.05) is 51.3 Å². The predicted octanol–water partition coefficient (Wildman–Crippen LogP) is 5.24. The number of anilines is 1. The number of methoxy groups -OCH3 is 1. The third-order valence-electron chi connectivity index (χ3n) is 10.5. The molecule has 248 valence electrons. The van der Waals surface area contributed by atoms with E-state index in [1.165, 1.54) is 30.5 Å². The lowest BCUT2D eigenvalue weighted by molar-refractivity contribution is 0.107. The number of aromatic nitrogens is 3. The first-order chi connectivity index (χ1) is 24.4. The van der Waals surface area contributed by atoms with Gasteiger partial charge in [0.05, 0.1) is 39.1 Å². The van der Waals surface area contributed by atoms with Crippen molar-refractivity contribution >= 4 is 27.5 Å². The van der Waals surface area contributed by atoms with Gasteiger partial charge in [0.1, 0.15) is 35.2 Å². The van der Waals surface area contributed by atoms with Crippen molar-refractivity contribution in [2.45, 2.75) is 49.2 Å². The predicted molar refractivity (Wildman–Crippen MR) is 176 cm³/mol. The summed E-state index contributed by atoms with van der Waals surface area (Å²) >= 11 is 0. The molecule has 0 radical (unpaired) electrons. The summed E-state index contributed by atoms with van der Waals surface area (Å²) in [5.74, 6) is 0.957. The Morgan fingerprint density at radius 1 is 1.25 bits per heavy atom. The van der Waals surface area contributed by atoms with Crippen LogP contribution in [0.1, 0.15) is 41.8 Å². The number of ether oxygens (including phenoxy) is 2. The number of phenolic OH excluding ortho intramolecular Hbond substituents is 1. The van der Waals surface area contributed by atoms with Gasteiger partial charge in [-0.1, -0.05) is 12.0 Å². The van der Waals surface area contributed by atoms with Gasteiger partial charge < -0.3 is 24.8 Å². The zero-order valence-electron chi connectivity index (χ0n) is 29.0. The minimum absolute atomic E-state index is 0.0171. The fourth-order valence-electron chi connectivity index (χ4n) is 8.36. The molecule has 0 aliphatic carbocycles. The average molecular weight is 660 g/mol. The van der Waals surface area contributed by atoms with E-state index in [-0.39, 0.29) is 64.1 Å². The fourth-order valence-corrected chi connectivity index (χ4v) is 8.36. The molecule has 2 aromatic carbocycles. The standard InChI is InChI=1S/C36H35F3N6O3/c1-3-25-28(38)6-5-22-11-24(46)12-26(29(22)25)31-30(39)32-27(15-40-31)33(44-17-23-7-9-35(18-44,43-23)19-47-2)42-34(41-32)48-20-36-8-4-10-45(36)16-21(13-36)14-37/h1,5-6,11-12,14-15,23,43,46H,4,7-10,13,16-20H2,2H3/b21-14-/t23-,35+,36?/m0/s1/i2D3. The Balaban J connectivity index is 1.25. The molecule has 4 aliphatic rings. The maximum Gasteiger partial charge on any atom is 0.319 e. The number of hydrogen-bond donors (Lipinski definition) is 2. The quantitative estimate of drug-likeness (QED) is 0.259. The van der Waals surface area contributed by atoms with E-state index in [1.54, 1.807) is 0 Å². The second-order valence-corrected chi connectivity index (χ2v) is 13.5. The highest BCUT2D eigenvalue weighted by Gasteiger charge is 2.48. The molecule has 1 unspecified atom stereocenters. The molecule has 0 saturated carbocycles. The molecular weight excluding hydrogens is 621 g/mol. The molecule has 4 fully saturated rings. The third-order valence-corrected chi connectivity index (χ3v) is 10.5. The zero-order valence-corrected chi connectivity index (χ0v) is 26.0. The molecule has 4 aliphatic heterocycles. The van der Waals surface area contributed by atoms with Gasteiger partial charge in [0, 0.05) is 49.9 Å². The highest BCUT2D eigenvalue weighted by Crippen LogP contribution is 2.43. The van der Waals surface area contributed by atoms with E-state index in [0.29, 0.717) is 55.6 Å². The maximum absolute atomic E-state index is 17.0. The van der Waals surface area contributed by atoms with Crippen molar-refractivity contribution in [3.05, 3.63) is 59.6 Å². The molecule has 8 rings (SSSR count). The van der Waals surface area contributed by atoms with Crippen LogP contribution in [0.15, 0.2) is 42.4 Å². The van der Waals surface area contributed by atoms with Gasteiger partial charge in [-0.25, -0.2) is 13.2 Å². The van der Waals surface area contributed by atoms with E-state index in [9.17, 15) is 13.9 Å². The Bertz CT molecular complexity index is 2150. The van der Waals surface area contributed by atoms with Crippen molar-refractivity contribution < 1.29 is 31.9 Å². The first-order valence-electron chi connectivity index (χ1n) is 17.5. The lowest BCUT2D eigenvalue weighted by atomic mass is 9.94. The molecule has 9 nitrogen and oxygen atoms in total. The van der Waals surface area contributed by atoms with E-state index < -0.39 is 29.8 Å². The monoisotopic (exact) mass is 659 g/mol. The van der Waals surface area contributed by atoms with Crippen LogP contribution in [-0.2, 0) is 4.74 Å². The van der Waals surface area contributed by atoms with Gasteiger partial charge in [-0.15, -0.1) is 6.42 Å². The largest absolute Gasteiger partial charge is 0.508 e. The van der Waals surface area contributed by atoms with Crippen molar-refractivity contribution in [2.24, 2.45) is 0 Å². The zero-order chi connectivity index (χ0) is 35.7. The second kappa shape index (κ2) is 11.6. The van der Waals surface area contributed by atoms with Crippen LogP contribution in [0, 0.1) is 24.0 Å². The normalized spacial score (nSPS) is 27.3. The van der Waals surface area contributed by atoms with Gasteiger partial charge in [-0.2, -0.15) is 9.97 Å². The molecule has 2 bridgehead atoms. The van der Waals surface area contributed by atoms with Gasteiger partial charge in [0.15, 0.2) is 5.82 Å². The molecule has 4 aromatic rings. The number of hydrogen-bond acceptors (Lipinski definition) is 9. The van der Waals surface area contributed by atoms with Crippen LogP contribution in [0.3, 0.4) is 0 Å². The number of nitrogens with zero attached hydrogens (tertiary/aromatic N) is 5. The first kappa shape index (κ1) is 27.5. The maximum atomic E-state index is 17.0. The SMILES string of the molecule is [2H]C([2H])([2H])OC[C@@]12CC[C@@H](CN(c3nc(OCC45CCCN4C/C(=C\F)C5)nc4c(F)c(-c5cc(O)cc6ccc(F)c(C#C)c56)ncc34)C1)N2. The number of nitrogens with one attached hydrogen (secondary N) is 1. The van der Waals surface area contributed by atoms with E-state index in [1.807, 2.05) is 4.90 Å². The molecule has 6 heterocycles. The van der Waals surface area contributed by atoms with E-state index in [2.05, 4.69) is 26.1 Å². The second-order valence-electron chi connectivity index (χ2n) is 13.5. The van der Waals surface area contributed by atoms with E-state index >= 15 is 4.39 Å². The summed E-state index contributed by atoms with van der Waals surface area (Å²) in [4.78, 5) is 18.0. The Kier molecular flexibility index (Phi) is 6.65. The van der Waals surface area contributed by atoms with Crippen LogP contribution in [0.4, 0.5) is 19.0 Å². The molecule has 0 spiro atoms. The number of piperazine rings is 1. The molecular formula is C36H35F3N6O3. The molecule has 2 N–H and O–H groups in total. The van der Waals surface area contributed by atoms with Crippen LogP contribution in [-0.4, -0.2) is 88.5 Å². The summed E-state index contributed by atoms with van der Waals surface area (Å²) < 4.78 is 79.9. The summed E-state index contributed by atoms with van der Waals surface area (Å²) in [5, 5.41) is 15.0. The number of terminal acetylenes is 1. The summed E-state index contributed by atoms with van der Waals surface area (Å²) in [6.07, 6.45) is 11.4. The minimum Gasteiger partial charge on any atom is -0.508 e. The van der Waals surface area contributed by atoms with Crippen LogP contribution >= 0.6 is 0 Å². The Hall–Kier alpha value is -4.44. The third kappa shape index (κ3) is 4.95. The summed E-state index contributed by atoms with van der Waals surface area (Å²) in [7, 11) is -2.58. The Morgan fingerprint density at radius 3 is 2.98 bits per heavy atom. The average Bonchev–Trinajstić information content (AvgIpc) is 3.75. The lowest BCUT2D eigenvalue weighted by Gasteiger charge is -2.41. The van der Waals surface area contributed by atoms with Crippen molar-refractivity contribution in [3.63, 3.8) is 0 Å². The number of rotatable bonds is 7. The highest BCUT2D eigenvalue weighted by molar-refractivity contribution is 6.03. The van der Waals surface area contributed by atoms with Gasteiger partial charge in [-0.3, -0.25) is 9.88 Å². The van der Waals surface area contributed by atoms with Crippen molar-refractivity contribution in [3.8, 4) is 35.4 Å².